The highest BCUT2D eigenvalue weighted by molar-refractivity contribution is 7.20. The molecule has 0 amide bonds. The lowest BCUT2D eigenvalue weighted by Crippen LogP contribution is -2.30. The zero-order chi connectivity index (χ0) is 13.4. The minimum Gasteiger partial charge on any atom is -0.380 e. The Bertz CT molecular complexity index is 606. The summed E-state index contributed by atoms with van der Waals surface area (Å²) >= 11 is 1.86. The Morgan fingerprint density at radius 3 is 2.84 bits per heavy atom. The van der Waals surface area contributed by atoms with Crippen LogP contribution in [-0.2, 0) is 13.0 Å². The monoisotopic (exact) mass is 270 g/mol. The molecule has 0 atom stereocenters. The fourth-order valence-corrected chi connectivity index (χ4v) is 3.79. The van der Waals surface area contributed by atoms with Gasteiger partial charge >= 0.3 is 0 Å². The molecule has 1 aliphatic rings. The highest BCUT2D eigenvalue weighted by Gasteiger charge is 2.18. The standard InChI is InChI=1S/C15H19BN2S/c1-10-7-14(19-15(10)17-2)18-6-5-11-8-13(16)4-3-12(11)9-18/h3-4,7-8,17H,5-6,9,16H2,1-2H3. The number of benzene rings is 1. The van der Waals surface area contributed by atoms with Crippen molar-refractivity contribution in [2.75, 3.05) is 23.8 Å². The molecule has 0 fully saturated rings. The normalized spacial score (nSPS) is 14.3. The molecule has 4 heteroatoms. The molecular formula is C15H19BN2S. The van der Waals surface area contributed by atoms with Gasteiger partial charge in [-0.25, -0.2) is 0 Å². The molecule has 0 aliphatic carbocycles. The summed E-state index contributed by atoms with van der Waals surface area (Å²) in [5, 5.41) is 5.94. The first kappa shape index (κ1) is 12.6. The first-order chi connectivity index (χ1) is 9.17. The van der Waals surface area contributed by atoms with Crippen molar-refractivity contribution in [2.24, 2.45) is 0 Å². The second kappa shape index (κ2) is 4.93. The van der Waals surface area contributed by atoms with Gasteiger partial charge in [0.1, 0.15) is 7.85 Å². The smallest absolute Gasteiger partial charge is 0.139 e. The van der Waals surface area contributed by atoms with Gasteiger partial charge in [0.25, 0.3) is 0 Å². The fraction of sp³-hybridized carbons (Fsp3) is 0.333. The third kappa shape index (κ3) is 2.37. The molecule has 0 unspecified atom stereocenters. The molecule has 0 saturated heterocycles. The molecule has 2 heterocycles. The van der Waals surface area contributed by atoms with Crippen molar-refractivity contribution in [1.82, 2.24) is 0 Å². The van der Waals surface area contributed by atoms with Gasteiger partial charge < -0.3 is 10.2 Å². The summed E-state index contributed by atoms with van der Waals surface area (Å²) in [5.74, 6) is 0. The third-order valence-electron chi connectivity index (χ3n) is 3.82. The van der Waals surface area contributed by atoms with E-state index < -0.39 is 0 Å². The van der Waals surface area contributed by atoms with Gasteiger partial charge in [0.2, 0.25) is 0 Å². The summed E-state index contributed by atoms with van der Waals surface area (Å²) in [6, 6.07) is 9.15. The van der Waals surface area contributed by atoms with Crippen molar-refractivity contribution < 1.29 is 0 Å². The average Bonchev–Trinajstić information content (AvgIpc) is 2.79. The van der Waals surface area contributed by atoms with E-state index in [1.165, 1.54) is 32.2 Å². The first-order valence-corrected chi connectivity index (χ1v) is 7.60. The van der Waals surface area contributed by atoms with E-state index in [9.17, 15) is 0 Å². The van der Waals surface area contributed by atoms with Crippen LogP contribution in [0.1, 0.15) is 16.7 Å². The second-order valence-corrected chi connectivity index (χ2v) is 6.32. The Morgan fingerprint density at radius 1 is 1.26 bits per heavy atom. The van der Waals surface area contributed by atoms with E-state index in [1.807, 2.05) is 18.4 Å². The van der Waals surface area contributed by atoms with Gasteiger partial charge in [-0.1, -0.05) is 23.7 Å². The van der Waals surface area contributed by atoms with Gasteiger partial charge in [-0.15, -0.1) is 11.3 Å². The fourth-order valence-electron chi connectivity index (χ4n) is 2.74. The van der Waals surface area contributed by atoms with Crippen molar-refractivity contribution >= 4 is 34.6 Å². The minimum atomic E-state index is 1.04. The van der Waals surface area contributed by atoms with E-state index in [2.05, 4.69) is 49.3 Å². The number of hydrogen-bond acceptors (Lipinski definition) is 3. The number of aryl methyl sites for hydroxylation is 1. The van der Waals surface area contributed by atoms with Gasteiger partial charge in [-0.05, 0) is 36.1 Å². The maximum atomic E-state index is 3.27. The molecule has 0 radical (unpaired) electrons. The predicted octanol–water partition coefficient (Wildman–Crippen LogP) is 1.92. The Kier molecular flexibility index (Phi) is 3.27. The topological polar surface area (TPSA) is 15.3 Å². The lowest BCUT2D eigenvalue weighted by Gasteiger charge is -2.29. The third-order valence-corrected chi connectivity index (χ3v) is 5.13. The summed E-state index contributed by atoms with van der Waals surface area (Å²) < 4.78 is 0. The van der Waals surface area contributed by atoms with Crippen LogP contribution in [-0.4, -0.2) is 21.4 Å². The second-order valence-electron chi connectivity index (χ2n) is 5.29. The summed E-state index contributed by atoms with van der Waals surface area (Å²) in [6.45, 7) is 4.34. The number of fused-ring (bicyclic) bond motifs is 1. The minimum absolute atomic E-state index is 1.04. The lowest BCUT2D eigenvalue weighted by molar-refractivity contribution is 0.738. The molecule has 1 aliphatic heterocycles. The molecule has 1 aromatic carbocycles. The van der Waals surface area contributed by atoms with Crippen LogP contribution >= 0.6 is 11.3 Å². The van der Waals surface area contributed by atoms with Crippen LogP contribution in [0.15, 0.2) is 24.3 Å². The molecule has 3 rings (SSSR count). The van der Waals surface area contributed by atoms with E-state index in [4.69, 9.17) is 0 Å². The SMILES string of the molecule is Bc1ccc2c(c1)CCN(c1cc(C)c(NC)s1)C2. The van der Waals surface area contributed by atoms with Gasteiger partial charge in [0.15, 0.2) is 0 Å². The molecule has 1 aromatic heterocycles. The summed E-state index contributed by atoms with van der Waals surface area (Å²) in [7, 11) is 4.17. The van der Waals surface area contributed by atoms with Crippen LogP contribution in [0.5, 0.6) is 0 Å². The zero-order valence-electron chi connectivity index (χ0n) is 11.8. The van der Waals surface area contributed by atoms with Crippen LogP contribution in [0, 0.1) is 6.92 Å². The molecule has 0 spiro atoms. The van der Waals surface area contributed by atoms with Gasteiger partial charge in [0, 0.05) is 20.1 Å². The summed E-state index contributed by atoms with van der Waals surface area (Å²) in [4.78, 5) is 2.50. The number of nitrogens with one attached hydrogen (secondary N) is 1. The largest absolute Gasteiger partial charge is 0.380 e. The van der Waals surface area contributed by atoms with E-state index in [1.54, 1.807) is 0 Å². The van der Waals surface area contributed by atoms with E-state index in [0.717, 1.165) is 19.5 Å². The van der Waals surface area contributed by atoms with E-state index in [-0.39, 0.29) is 0 Å². The van der Waals surface area contributed by atoms with Crippen molar-refractivity contribution in [3.8, 4) is 0 Å². The molecule has 19 heavy (non-hydrogen) atoms. The molecule has 98 valence electrons. The van der Waals surface area contributed by atoms with E-state index >= 15 is 0 Å². The summed E-state index contributed by atoms with van der Waals surface area (Å²) in [6.07, 6.45) is 1.16. The van der Waals surface area contributed by atoms with Crippen LogP contribution in [0.3, 0.4) is 0 Å². The number of anilines is 2. The number of rotatable bonds is 2. The number of hydrogen-bond donors (Lipinski definition) is 1. The van der Waals surface area contributed by atoms with Crippen LogP contribution in [0.2, 0.25) is 0 Å². The lowest BCUT2D eigenvalue weighted by atomic mass is 9.89. The Hall–Kier alpha value is -1.42. The predicted molar refractivity (Wildman–Crippen MR) is 88.0 cm³/mol. The van der Waals surface area contributed by atoms with Crippen LogP contribution in [0.4, 0.5) is 10.0 Å². The van der Waals surface area contributed by atoms with Gasteiger partial charge in [-0.2, -0.15) is 0 Å². The van der Waals surface area contributed by atoms with Crippen molar-refractivity contribution in [3.05, 3.63) is 41.0 Å². The highest BCUT2D eigenvalue weighted by Crippen LogP contribution is 2.36. The van der Waals surface area contributed by atoms with Gasteiger partial charge in [0.05, 0.1) is 10.0 Å². The quantitative estimate of drug-likeness (QED) is 0.839. The highest BCUT2D eigenvalue weighted by atomic mass is 32.1. The Labute approximate surface area is 119 Å². The summed E-state index contributed by atoms with van der Waals surface area (Å²) in [5.41, 5.74) is 5.72. The maximum absolute atomic E-state index is 3.27. The van der Waals surface area contributed by atoms with Crippen LogP contribution in [0.25, 0.3) is 0 Å². The van der Waals surface area contributed by atoms with Gasteiger partial charge in [-0.3, -0.25) is 0 Å². The Balaban J connectivity index is 1.86. The molecule has 0 saturated carbocycles. The number of nitrogens with zero attached hydrogens (tertiary/aromatic N) is 1. The first-order valence-electron chi connectivity index (χ1n) is 6.79. The van der Waals surface area contributed by atoms with Crippen molar-refractivity contribution in [2.45, 2.75) is 19.9 Å². The molecule has 0 bridgehead atoms. The van der Waals surface area contributed by atoms with Crippen molar-refractivity contribution in [1.29, 1.82) is 0 Å². The Morgan fingerprint density at radius 2 is 2.11 bits per heavy atom. The molecule has 1 N–H and O–H groups in total. The molecular weight excluding hydrogens is 251 g/mol. The van der Waals surface area contributed by atoms with E-state index in [0.29, 0.717) is 0 Å². The molecule has 2 aromatic rings. The maximum Gasteiger partial charge on any atom is 0.139 e. The zero-order valence-corrected chi connectivity index (χ0v) is 12.6. The van der Waals surface area contributed by atoms with Crippen molar-refractivity contribution in [3.63, 3.8) is 0 Å². The van der Waals surface area contributed by atoms with Crippen LogP contribution < -0.4 is 15.7 Å². The molecule has 2 nitrogen and oxygen atoms in total. The average molecular weight is 270 g/mol. The number of thiophene rings is 1.